The van der Waals surface area contributed by atoms with Crippen molar-refractivity contribution in [2.75, 3.05) is 13.1 Å². The molecule has 2 aromatic rings. The molecule has 1 fully saturated rings. The number of hydrogen-bond donors (Lipinski definition) is 0. The van der Waals surface area contributed by atoms with Crippen LogP contribution < -0.4 is 0 Å². The first-order valence-corrected chi connectivity index (χ1v) is 8.33. The predicted octanol–water partition coefficient (Wildman–Crippen LogP) is 4.74. The Morgan fingerprint density at radius 3 is 2.17 bits per heavy atom. The highest BCUT2D eigenvalue weighted by atomic mass is 35.5. The van der Waals surface area contributed by atoms with Crippen LogP contribution in [-0.4, -0.2) is 28.9 Å². The fourth-order valence-electron chi connectivity index (χ4n) is 2.79. The van der Waals surface area contributed by atoms with Crippen LogP contribution in [-0.2, 0) is 13.1 Å². The number of carbonyl (C=O) groups is 1. The second kappa shape index (κ2) is 6.81. The summed E-state index contributed by atoms with van der Waals surface area (Å²) in [5.41, 5.74) is 3.19. The van der Waals surface area contributed by atoms with Crippen LogP contribution >= 0.6 is 23.2 Å². The van der Waals surface area contributed by atoms with Gasteiger partial charge in [0.15, 0.2) is 0 Å². The molecule has 0 spiro atoms. The average Bonchev–Trinajstić information content (AvgIpc) is 2.86. The maximum absolute atomic E-state index is 12.6. The summed E-state index contributed by atoms with van der Waals surface area (Å²) in [4.78, 5) is 16.3. The van der Waals surface area contributed by atoms with Crippen molar-refractivity contribution in [1.82, 2.24) is 9.80 Å². The first kappa shape index (κ1) is 16.2. The molecular weight excluding hydrogens is 331 g/mol. The summed E-state index contributed by atoms with van der Waals surface area (Å²) < 4.78 is 0. The summed E-state index contributed by atoms with van der Waals surface area (Å²) in [6, 6.07) is 13.6. The number of benzene rings is 2. The minimum absolute atomic E-state index is 0.0317. The Hall–Kier alpha value is -1.71. The van der Waals surface area contributed by atoms with E-state index in [0.717, 1.165) is 12.1 Å². The SMILES string of the molecule is Cc1ccccc1CN1CCN(Cc2c(Cl)cccc2Cl)C1=O. The summed E-state index contributed by atoms with van der Waals surface area (Å²) in [6.45, 7) is 4.55. The Morgan fingerprint density at radius 2 is 1.52 bits per heavy atom. The van der Waals surface area contributed by atoms with E-state index < -0.39 is 0 Å². The molecule has 2 amide bonds. The largest absolute Gasteiger partial charge is 0.320 e. The molecular formula is C18H18Cl2N2O. The lowest BCUT2D eigenvalue weighted by Crippen LogP contribution is -2.31. The van der Waals surface area contributed by atoms with Gasteiger partial charge in [0.1, 0.15) is 0 Å². The molecule has 1 aliphatic heterocycles. The fraction of sp³-hybridized carbons (Fsp3) is 0.278. The molecule has 0 aliphatic carbocycles. The van der Waals surface area contributed by atoms with E-state index in [9.17, 15) is 4.79 Å². The van der Waals surface area contributed by atoms with Crippen molar-refractivity contribution >= 4 is 29.2 Å². The van der Waals surface area contributed by atoms with Gasteiger partial charge in [0, 0.05) is 35.2 Å². The van der Waals surface area contributed by atoms with Gasteiger partial charge >= 0.3 is 6.03 Å². The van der Waals surface area contributed by atoms with Gasteiger partial charge in [0.05, 0.1) is 6.54 Å². The zero-order chi connectivity index (χ0) is 16.4. The first-order valence-electron chi connectivity index (χ1n) is 7.57. The normalized spacial score (nSPS) is 14.7. The molecule has 23 heavy (non-hydrogen) atoms. The summed E-state index contributed by atoms with van der Waals surface area (Å²) in [5.74, 6) is 0. The van der Waals surface area contributed by atoms with E-state index in [1.165, 1.54) is 11.1 Å². The van der Waals surface area contributed by atoms with Gasteiger partial charge in [-0.05, 0) is 30.2 Å². The molecule has 5 heteroatoms. The Balaban J connectivity index is 1.71. The van der Waals surface area contributed by atoms with Crippen molar-refractivity contribution in [3.63, 3.8) is 0 Å². The van der Waals surface area contributed by atoms with E-state index >= 15 is 0 Å². The number of halogens is 2. The average molecular weight is 349 g/mol. The van der Waals surface area contributed by atoms with Gasteiger partial charge in [-0.3, -0.25) is 0 Å². The zero-order valence-corrected chi connectivity index (χ0v) is 14.4. The number of amides is 2. The number of carbonyl (C=O) groups excluding carboxylic acids is 1. The van der Waals surface area contributed by atoms with Gasteiger partial charge in [-0.25, -0.2) is 4.79 Å². The summed E-state index contributed by atoms with van der Waals surface area (Å²) in [6.07, 6.45) is 0. The monoisotopic (exact) mass is 348 g/mol. The second-order valence-corrected chi connectivity index (χ2v) is 6.57. The van der Waals surface area contributed by atoms with Crippen molar-refractivity contribution in [1.29, 1.82) is 0 Å². The molecule has 0 atom stereocenters. The van der Waals surface area contributed by atoms with E-state index in [1.54, 1.807) is 17.0 Å². The summed E-state index contributed by atoms with van der Waals surface area (Å²) >= 11 is 12.4. The second-order valence-electron chi connectivity index (χ2n) is 5.75. The number of nitrogens with zero attached hydrogens (tertiary/aromatic N) is 2. The molecule has 0 radical (unpaired) electrons. The predicted molar refractivity (Wildman–Crippen MR) is 93.9 cm³/mol. The zero-order valence-electron chi connectivity index (χ0n) is 12.9. The van der Waals surface area contributed by atoms with Crippen molar-refractivity contribution in [3.05, 3.63) is 69.2 Å². The highest BCUT2D eigenvalue weighted by molar-refractivity contribution is 6.36. The maximum Gasteiger partial charge on any atom is 0.320 e. The molecule has 0 N–H and O–H groups in total. The van der Waals surface area contributed by atoms with Crippen LogP contribution in [0.4, 0.5) is 4.79 Å². The van der Waals surface area contributed by atoms with Crippen LogP contribution in [0.15, 0.2) is 42.5 Å². The Labute approximate surface area is 146 Å². The van der Waals surface area contributed by atoms with Crippen molar-refractivity contribution < 1.29 is 4.79 Å². The van der Waals surface area contributed by atoms with Crippen LogP contribution in [0.25, 0.3) is 0 Å². The summed E-state index contributed by atoms with van der Waals surface area (Å²) in [7, 11) is 0. The minimum Gasteiger partial charge on any atom is -0.319 e. The van der Waals surface area contributed by atoms with Gasteiger partial charge in [0.25, 0.3) is 0 Å². The van der Waals surface area contributed by atoms with Gasteiger partial charge in [-0.1, -0.05) is 53.5 Å². The van der Waals surface area contributed by atoms with Gasteiger partial charge in [-0.15, -0.1) is 0 Å². The van der Waals surface area contributed by atoms with Crippen molar-refractivity contribution in [2.45, 2.75) is 20.0 Å². The molecule has 1 heterocycles. The maximum atomic E-state index is 12.6. The van der Waals surface area contributed by atoms with Crippen LogP contribution in [0.5, 0.6) is 0 Å². The molecule has 0 aromatic heterocycles. The quantitative estimate of drug-likeness (QED) is 0.782. The molecule has 0 unspecified atom stereocenters. The van der Waals surface area contributed by atoms with E-state index in [0.29, 0.717) is 29.7 Å². The van der Waals surface area contributed by atoms with Crippen LogP contribution in [0.3, 0.4) is 0 Å². The molecule has 3 nitrogen and oxygen atoms in total. The van der Waals surface area contributed by atoms with E-state index in [2.05, 4.69) is 19.1 Å². The van der Waals surface area contributed by atoms with E-state index in [-0.39, 0.29) is 6.03 Å². The van der Waals surface area contributed by atoms with E-state index in [1.807, 2.05) is 23.1 Å². The van der Waals surface area contributed by atoms with Crippen LogP contribution in [0.1, 0.15) is 16.7 Å². The first-order chi connectivity index (χ1) is 11.1. The summed E-state index contributed by atoms with van der Waals surface area (Å²) in [5, 5.41) is 1.20. The van der Waals surface area contributed by atoms with Crippen molar-refractivity contribution in [2.24, 2.45) is 0 Å². The molecule has 120 valence electrons. The topological polar surface area (TPSA) is 23.6 Å². The lowest BCUT2D eigenvalue weighted by atomic mass is 10.1. The highest BCUT2D eigenvalue weighted by Crippen LogP contribution is 2.27. The molecule has 0 saturated carbocycles. The smallest absolute Gasteiger partial charge is 0.319 e. The Morgan fingerprint density at radius 1 is 0.913 bits per heavy atom. The number of aryl methyl sites for hydroxylation is 1. The fourth-order valence-corrected chi connectivity index (χ4v) is 3.31. The Kier molecular flexibility index (Phi) is 4.79. The van der Waals surface area contributed by atoms with Gasteiger partial charge < -0.3 is 9.80 Å². The van der Waals surface area contributed by atoms with Crippen LogP contribution in [0, 0.1) is 6.92 Å². The third-order valence-corrected chi connectivity index (χ3v) is 4.92. The molecule has 1 aliphatic rings. The van der Waals surface area contributed by atoms with Gasteiger partial charge in [0.2, 0.25) is 0 Å². The number of rotatable bonds is 4. The molecule has 2 aromatic carbocycles. The third-order valence-electron chi connectivity index (χ3n) is 4.21. The number of urea groups is 1. The Bertz CT molecular complexity index is 712. The lowest BCUT2D eigenvalue weighted by molar-refractivity contribution is 0.189. The molecule has 1 saturated heterocycles. The van der Waals surface area contributed by atoms with Crippen LogP contribution in [0.2, 0.25) is 10.0 Å². The molecule has 3 rings (SSSR count). The standard InChI is InChI=1S/C18H18Cl2N2O/c1-13-5-2-3-6-14(13)11-21-9-10-22(18(21)23)12-15-16(19)7-4-8-17(15)20/h2-8H,9-12H2,1H3. The third kappa shape index (κ3) is 3.46. The highest BCUT2D eigenvalue weighted by Gasteiger charge is 2.29. The van der Waals surface area contributed by atoms with E-state index in [4.69, 9.17) is 23.2 Å². The molecule has 0 bridgehead atoms. The number of hydrogen-bond acceptors (Lipinski definition) is 1. The minimum atomic E-state index is 0.0317. The van der Waals surface area contributed by atoms with Crippen molar-refractivity contribution in [3.8, 4) is 0 Å². The lowest BCUT2D eigenvalue weighted by Gasteiger charge is -2.20. The van der Waals surface area contributed by atoms with Gasteiger partial charge in [-0.2, -0.15) is 0 Å².